The van der Waals surface area contributed by atoms with E-state index in [9.17, 15) is 0 Å². The van der Waals surface area contributed by atoms with Crippen molar-refractivity contribution >= 4 is 22.6 Å². The van der Waals surface area contributed by atoms with E-state index in [0.29, 0.717) is 5.92 Å². The second kappa shape index (κ2) is 3.30. The van der Waals surface area contributed by atoms with E-state index >= 15 is 0 Å². The van der Waals surface area contributed by atoms with Gasteiger partial charge in [-0.05, 0) is 53.5 Å². The zero-order chi connectivity index (χ0) is 8.55. The summed E-state index contributed by atoms with van der Waals surface area (Å²) in [6, 6.07) is 6.20. The Bertz CT molecular complexity index is 284. The van der Waals surface area contributed by atoms with E-state index in [1.165, 1.54) is 12.8 Å². The fraction of sp³-hybridized carbons (Fsp3) is 0.444. The van der Waals surface area contributed by atoms with Crippen LogP contribution < -0.4 is 5.73 Å². The van der Waals surface area contributed by atoms with E-state index in [2.05, 4.69) is 27.6 Å². The summed E-state index contributed by atoms with van der Waals surface area (Å²) in [5.41, 5.74) is 7.05. The molecule has 3 heteroatoms. The van der Waals surface area contributed by atoms with Crippen LogP contribution in [0.2, 0.25) is 0 Å². The summed E-state index contributed by atoms with van der Waals surface area (Å²) in [6.07, 6.45) is 2.54. The molecule has 1 aliphatic carbocycles. The molecule has 0 saturated heterocycles. The number of nitrogens with zero attached hydrogens (tertiary/aromatic N) is 1. The maximum Gasteiger partial charge on any atom is 0.101 e. The molecule has 0 spiro atoms. The Labute approximate surface area is 85.7 Å². The highest BCUT2D eigenvalue weighted by Crippen LogP contribution is 2.38. The lowest BCUT2D eigenvalue weighted by atomic mass is 10.1. The van der Waals surface area contributed by atoms with E-state index < -0.39 is 0 Å². The van der Waals surface area contributed by atoms with E-state index in [1.54, 1.807) is 0 Å². The molecule has 2 nitrogen and oxygen atoms in total. The van der Waals surface area contributed by atoms with Gasteiger partial charge in [0, 0.05) is 6.04 Å². The van der Waals surface area contributed by atoms with Gasteiger partial charge in [0.15, 0.2) is 0 Å². The third-order valence-electron chi connectivity index (χ3n) is 2.21. The second-order valence-corrected chi connectivity index (χ2v) is 4.35. The first kappa shape index (κ1) is 8.44. The minimum atomic E-state index is 0.166. The highest BCUT2D eigenvalue weighted by atomic mass is 127. The average Bonchev–Trinajstić information content (AvgIpc) is 2.85. The average molecular weight is 274 g/mol. The molecule has 2 N–H and O–H groups in total. The maximum atomic E-state index is 6.00. The largest absolute Gasteiger partial charge is 0.322 e. The standard InChI is InChI=1S/C9H11IN2/c10-8-3-1-2-7(12-8)9(11)6-4-5-6/h1-3,6,9H,4-5,11H2. The molecule has 1 atom stereocenters. The van der Waals surface area contributed by atoms with Crippen LogP contribution in [0.5, 0.6) is 0 Å². The van der Waals surface area contributed by atoms with Gasteiger partial charge in [0.1, 0.15) is 3.70 Å². The van der Waals surface area contributed by atoms with Crippen LogP contribution in [0.1, 0.15) is 24.6 Å². The number of nitrogens with two attached hydrogens (primary N) is 1. The lowest BCUT2D eigenvalue weighted by molar-refractivity contribution is 0.613. The summed E-state index contributed by atoms with van der Waals surface area (Å²) in [6.45, 7) is 0. The van der Waals surface area contributed by atoms with Gasteiger partial charge < -0.3 is 5.73 Å². The molecule has 1 aromatic heterocycles. The summed E-state index contributed by atoms with van der Waals surface area (Å²) < 4.78 is 1.03. The van der Waals surface area contributed by atoms with Crippen molar-refractivity contribution in [3.05, 3.63) is 27.6 Å². The van der Waals surface area contributed by atoms with Crippen molar-refractivity contribution < 1.29 is 0 Å². The Morgan fingerprint density at radius 2 is 2.25 bits per heavy atom. The van der Waals surface area contributed by atoms with Gasteiger partial charge in [-0.25, -0.2) is 4.98 Å². The fourth-order valence-corrected chi connectivity index (χ4v) is 1.79. The van der Waals surface area contributed by atoms with Crippen LogP contribution in [0.15, 0.2) is 18.2 Å². The molecule has 0 radical (unpaired) electrons. The van der Waals surface area contributed by atoms with Crippen molar-refractivity contribution in [3.8, 4) is 0 Å². The zero-order valence-electron chi connectivity index (χ0n) is 6.70. The molecule has 12 heavy (non-hydrogen) atoms. The Morgan fingerprint density at radius 1 is 1.50 bits per heavy atom. The molecule has 1 heterocycles. The smallest absolute Gasteiger partial charge is 0.101 e. The van der Waals surface area contributed by atoms with E-state index in [4.69, 9.17) is 5.73 Å². The van der Waals surface area contributed by atoms with Crippen LogP contribution in [0.4, 0.5) is 0 Å². The Morgan fingerprint density at radius 3 is 2.83 bits per heavy atom. The van der Waals surface area contributed by atoms with Crippen molar-refractivity contribution in [3.63, 3.8) is 0 Å². The molecular weight excluding hydrogens is 263 g/mol. The van der Waals surface area contributed by atoms with Crippen molar-refractivity contribution in [1.82, 2.24) is 4.98 Å². The third-order valence-corrected chi connectivity index (χ3v) is 2.81. The second-order valence-electron chi connectivity index (χ2n) is 3.25. The van der Waals surface area contributed by atoms with Gasteiger partial charge in [0.05, 0.1) is 5.69 Å². The summed E-state index contributed by atoms with van der Waals surface area (Å²) in [4.78, 5) is 4.40. The topological polar surface area (TPSA) is 38.9 Å². The van der Waals surface area contributed by atoms with Crippen molar-refractivity contribution in [2.45, 2.75) is 18.9 Å². The quantitative estimate of drug-likeness (QED) is 0.662. The SMILES string of the molecule is NC(c1cccc(I)n1)C1CC1. The van der Waals surface area contributed by atoms with Crippen molar-refractivity contribution in [2.24, 2.45) is 11.7 Å². The highest BCUT2D eigenvalue weighted by Gasteiger charge is 2.30. The summed E-state index contributed by atoms with van der Waals surface area (Å²) in [5, 5.41) is 0. The number of hydrogen-bond acceptors (Lipinski definition) is 2. The van der Waals surface area contributed by atoms with Crippen molar-refractivity contribution in [1.29, 1.82) is 0 Å². The summed E-state index contributed by atoms with van der Waals surface area (Å²) >= 11 is 2.22. The summed E-state index contributed by atoms with van der Waals surface area (Å²) in [7, 11) is 0. The van der Waals surface area contributed by atoms with Gasteiger partial charge in [-0.2, -0.15) is 0 Å². The summed E-state index contributed by atoms with van der Waals surface area (Å²) in [5.74, 6) is 0.690. The predicted octanol–water partition coefficient (Wildman–Crippen LogP) is 2.10. The molecule has 0 aromatic carbocycles. The minimum Gasteiger partial charge on any atom is -0.322 e. The van der Waals surface area contributed by atoms with Gasteiger partial charge in [-0.15, -0.1) is 0 Å². The maximum absolute atomic E-state index is 6.00. The van der Waals surface area contributed by atoms with E-state index in [1.807, 2.05) is 18.2 Å². The molecule has 64 valence electrons. The van der Waals surface area contributed by atoms with Crippen LogP contribution in [-0.4, -0.2) is 4.98 Å². The number of pyridine rings is 1. The van der Waals surface area contributed by atoms with Crippen LogP contribution in [-0.2, 0) is 0 Å². The van der Waals surface area contributed by atoms with Crippen LogP contribution >= 0.6 is 22.6 Å². The lowest BCUT2D eigenvalue weighted by Gasteiger charge is -2.08. The predicted molar refractivity (Wildman–Crippen MR) is 56.6 cm³/mol. The number of halogens is 1. The van der Waals surface area contributed by atoms with Crippen LogP contribution in [0.25, 0.3) is 0 Å². The Kier molecular flexibility index (Phi) is 2.32. The normalized spacial score (nSPS) is 19.2. The first-order valence-electron chi connectivity index (χ1n) is 4.15. The van der Waals surface area contributed by atoms with Gasteiger partial charge in [0.2, 0.25) is 0 Å². The minimum absolute atomic E-state index is 0.166. The third kappa shape index (κ3) is 1.77. The number of rotatable bonds is 2. The van der Waals surface area contributed by atoms with Gasteiger partial charge in [-0.3, -0.25) is 0 Å². The van der Waals surface area contributed by atoms with Gasteiger partial charge in [0.25, 0.3) is 0 Å². The first-order chi connectivity index (χ1) is 5.77. The molecule has 1 aliphatic rings. The van der Waals surface area contributed by atoms with E-state index in [-0.39, 0.29) is 6.04 Å². The highest BCUT2D eigenvalue weighted by molar-refractivity contribution is 14.1. The molecule has 0 bridgehead atoms. The molecule has 2 rings (SSSR count). The van der Waals surface area contributed by atoms with Crippen LogP contribution in [0, 0.1) is 9.62 Å². The van der Waals surface area contributed by atoms with Gasteiger partial charge in [-0.1, -0.05) is 6.07 Å². The molecule has 1 fully saturated rings. The number of aromatic nitrogens is 1. The number of hydrogen-bond donors (Lipinski definition) is 1. The van der Waals surface area contributed by atoms with Crippen LogP contribution in [0.3, 0.4) is 0 Å². The zero-order valence-corrected chi connectivity index (χ0v) is 8.86. The first-order valence-corrected chi connectivity index (χ1v) is 5.23. The van der Waals surface area contributed by atoms with Gasteiger partial charge >= 0.3 is 0 Å². The van der Waals surface area contributed by atoms with Crippen molar-refractivity contribution in [2.75, 3.05) is 0 Å². The molecule has 0 aliphatic heterocycles. The molecule has 1 unspecified atom stereocenters. The molecule has 0 amide bonds. The Balaban J connectivity index is 2.20. The molecule has 1 saturated carbocycles. The Hall–Kier alpha value is -0.160. The molecular formula is C9H11IN2. The van der Waals surface area contributed by atoms with E-state index in [0.717, 1.165) is 9.39 Å². The monoisotopic (exact) mass is 274 g/mol. The fourth-order valence-electron chi connectivity index (χ4n) is 1.31. The molecule has 1 aromatic rings. The lowest BCUT2D eigenvalue weighted by Crippen LogP contribution is -2.14.